The summed E-state index contributed by atoms with van der Waals surface area (Å²) in [6.07, 6.45) is 4.82. The highest BCUT2D eigenvalue weighted by atomic mass is 32.2. The molecule has 0 heterocycles. The van der Waals surface area contributed by atoms with Gasteiger partial charge in [-0.1, -0.05) is 40.0 Å². The fraction of sp³-hybridized carbons (Fsp3) is 1.00. The lowest BCUT2D eigenvalue weighted by atomic mass is 9.91. The summed E-state index contributed by atoms with van der Waals surface area (Å²) in [5.74, 6) is 0.994. The van der Waals surface area contributed by atoms with Gasteiger partial charge in [0.05, 0.1) is 11.0 Å². The van der Waals surface area contributed by atoms with Gasteiger partial charge in [0.25, 0.3) is 0 Å². The molecule has 1 saturated carbocycles. The van der Waals surface area contributed by atoms with Crippen molar-refractivity contribution in [2.45, 2.75) is 64.2 Å². The van der Waals surface area contributed by atoms with Crippen LogP contribution in [0.4, 0.5) is 0 Å². The predicted octanol–water partition coefficient (Wildman–Crippen LogP) is 2.35. The van der Waals surface area contributed by atoms with Crippen molar-refractivity contribution < 1.29 is 8.42 Å². The van der Waals surface area contributed by atoms with Gasteiger partial charge in [0.2, 0.25) is 0 Å². The molecule has 17 heavy (non-hydrogen) atoms. The molecule has 0 aromatic carbocycles. The van der Waals surface area contributed by atoms with Gasteiger partial charge in [-0.15, -0.1) is 0 Å². The van der Waals surface area contributed by atoms with Crippen LogP contribution in [0.15, 0.2) is 0 Å². The highest BCUT2D eigenvalue weighted by molar-refractivity contribution is 7.92. The molecule has 0 saturated heterocycles. The largest absolute Gasteiger partial charge is 0.327 e. The van der Waals surface area contributed by atoms with Crippen molar-refractivity contribution in [2.24, 2.45) is 17.6 Å². The molecule has 2 N–H and O–H groups in total. The second-order valence-electron chi connectivity index (χ2n) is 5.77. The van der Waals surface area contributed by atoms with Crippen molar-refractivity contribution in [2.75, 3.05) is 5.75 Å². The van der Waals surface area contributed by atoms with E-state index in [2.05, 4.69) is 13.8 Å². The Hall–Kier alpha value is -0.0900. The maximum atomic E-state index is 12.3. The van der Waals surface area contributed by atoms with E-state index in [0.717, 1.165) is 25.7 Å². The normalized spacial score (nSPS) is 29.9. The summed E-state index contributed by atoms with van der Waals surface area (Å²) >= 11 is 0. The second-order valence-corrected chi connectivity index (χ2v) is 8.10. The Balaban J connectivity index is 2.61. The van der Waals surface area contributed by atoms with Gasteiger partial charge in [-0.05, 0) is 24.7 Å². The first-order valence-corrected chi connectivity index (χ1v) is 8.55. The van der Waals surface area contributed by atoms with Gasteiger partial charge in [0.1, 0.15) is 0 Å². The highest BCUT2D eigenvalue weighted by Crippen LogP contribution is 2.29. The average molecular weight is 261 g/mol. The molecule has 0 radical (unpaired) electrons. The van der Waals surface area contributed by atoms with Crippen LogP contribution in [0, 0.1) is 11.8 Å². The Bertz CT molecular complexity index is 326. The average Bonchev–Trinajstić information content (AvgIpc) is 2.27. The fourth-order valence-electron chi connectivity index (χ4n) is 2.58. The van der Waals surface area contributed by atoms with Crippen LogP contribution in [-0.2, 0) is 9.84 Å². The summed E-state index contributed by atoms with van der Waals surface area (Å²) in [6.45, 7) is 6.24. The molecule has 1 aliphatic carbocycles. The molecule has 0 spiro atoms. The molecule has 1 aliphatic rings. The van der Waals surface area contributed by atoms with Crippen molar-refractivity contribution in [1.29, 1.82) is 0 Å². The Labute approximate surface area is 106 Å². The topological polar surface area (TPSA) is 60.2 Å². The van der Waals surface area contributed by atoms with Crippen LogP contribution in [0.3, 0.4) is 0 Å². The number of hydrogen-bond acceptors (Lipinski definition) is 3. The van der Waals surface area contributed by atoms with E-state index in [1.165, 1.54) is 6.42 Å². The SMILES string of the molecule is CCC(C)C(N)CS(=O)(=O)C1CCCC(C)C1. The first-order valence-electron chi connectivity index (χ1n) is 6.84. The lowest BCUT2D eigenvalue weighted by molar-refractivity contribution is 0.379. The summed E-state index contributed by atoms with van der Waals surface area (Å²) in [6, 6.07) is -0.206. The van der Waals surface area contributed by atoms with Crippen LogP contribution in [0.5, 0.6) is 0 Å². The van der Waals surface area contributed by atoms with Gasteiger partial charge >= 0.3 is 0 Å². The minimum absolute atomic E-state index is 0.138. The van der Waals surface area contributed by atoms with Crippen molar-refractivity contribution in [3.8, 4) is 0 Å². The number of sulfone groups is 1. The Morgan fingerprint density at radius 3 is 2.53 bits per heavy atom. The first kappa shape index (κ1) is 15.0. The molecule has 0 aliphatic heterocycles. The Kier molecular flexibility index (Phi) is 5.45. The number of nitrogens with two attached hydrogens (primary N) is 1. The standard InChI is InChI=1S/C13H27NO2S/c1-4-11(3)13(14)9-17(15,16)12-7-5-6-10(2)8-12/h10-13H,4-9,14H2,1-3H3. The van der Waals surface area contributed by atoms with Gasteiger partial charge < -0.3 is 5.73 Å². The van der Waals surface area contributed by atoms with Gasteiger partial charge in [-0.3, -0.25) is 0 Å². The summed E-state index contributed by atoms with van der Waals surface area (Å²) in [7, 11) is -3.00. The van der Waals surface area contributed by atoms with E-state index in [1.807, 2.05) is 6.92 Å². The third kappa shape index (κ3) is 4.25. The Morgan fingerprint density at radius 2 is 2.00 bits per heavy atom. The summed E-state index contributed by atoms with van der Waals surface area (Å²) < 4.78 is 24.6. The molecule has 4 unspecified atom stereocenters. The van der Waals surface area contributed by atoms with Crippen LogP contribution >= 0.6 is 0 Å². The minimum Gasteiger partial charge on any atom is -0.327 e. The maximum Gasteiger partial charge on any atom is 0.154 e. The molecule has 0 bridgehead atoms. The van der Waals surface area contributed by atoms with E-state index in [0.29, 0.717) is 5.92 Å². The molecule has 0 aromatic heterocycles. The van der Waals surface area contributed by atoms with E-state index in [1.54, 1.807) is 0 Å². The van der Waals surface area contributed by atoms with Crippen molar-refractivity contribution in [3.05, 3.63) is 0 Å². The fourth-order valence-corrected chi connectivity index (χ4v) is 4.86. The molecule has 4 heteroatoms. The third-order valence-electron chi connectivity index (χ3n) is 4.20. The van der Waals surface area contributed by atoms with Gasteiger partial charge in [-0.25, -0.2) is 8.42 Å². The molecule has 1 rings (SSSR count). The van der Waals surface area contributed by atoms with Gasteiger partial charge in [0.15, 0.2) is 9.84 Å². The number of rotatable bonds is 5. The monoisotopic (exact) mass is 261 g/mol. The zero-order valence-electron chi connectivity index (χ0n) is 11.4. The maximum absolute atomic E-state index is 12.3. The van der Waals surface area contributed by atoms with Crippen LogP contribution in [0.2, 0.25) is 0 Å². The Morgan fingerprint density at radius 1 is 1.35 bits per heavy atom. The van der Waals surface area contributed by atoms with E-state index >= 15 is 0 Å². The van der Waals surface area contributed by atoms with Gasteiger partial charge in [0, 0.05) is 6.04 Å². The summed E-state index contributed by atoms with van der Waals surface area (Å²) in [5.41, 5.74) is 5.98. The van der Waals surface area contributed by atoms with Crippen molar-refractivity contribution >= 4 is 9.84 Å². The van der Waals surface area contributed by atoms with Crippen LogP contribution in [0.25, 0.3) is 0 Å². The molecule has 0 amide bonds. The molecule has 1 fully saturated rings. The van der Waals surface area contributed by atoms with Crippen LogP contribution in [-0.4, -0.2) is 25.5 Å². The molecule has 4 atom stereocenters. The number of hydrogen-bond donors (Lipinski definition) is 1. The highest BCUT2D eigenvalue weighted by Gasteiger charge is 2.32. The van der Waals surface area contributed by atoms with E-state index in [4.69, 9.17) is 5.73 Å². The smallest absolute Gasteiger partial charge is 0.154 e. The molecular formula is C13H27NO2S. The summed E-state index contributed by atoms with van der Waals surface area (Å²) in [4.78, 5) is 0. The van der Waals surface area contributed by atoms with Crippen molar-refractivity contribution in [3.63, 3.8) is 0 Å². The van der Waals surface area contributed by atoms with Crippen LogP contribution in [0.1, 0.15) is 52.9 Å². The molecule has 0 aromatic rings. The lowest BCUT2D eigenvalue weighted by Gasteiger charge is -2.28. The van der Waals surface area contributed by atoms with E-state index in [9.17, 15) is 8.42 Å². The molecule has 3 nitrogen and oxygen atoms in total. The van der Waals surface area contributed by atoms with Gasteiger partial charge in [-0.2, -0.15) is 0 Å². The van der Waals surface area contributed by atoms with E-state index < -0.39 is 9.84 Å². The lowest BCUT2D eigenvalue weighted by Crippen LogP contribution is -2.40. The summed E-state index contributed by atoms with van der Waals surface area (Å²) in [5, 5.41) is -0.138. The first-order chi connectivity index (χ1) is 7.86. The predicted molar refractivity (Wildman–Crippen MR) is 72.6 cm³/mol. The quantitative estimate of drug-likeness (QED) is 0.826. The molecular weight excluding hydrogens is 234 g/mol. The van der Waals surface area contributed by atoms with Crippen molar-refractivity contribution in [1.82, 2.24) is 0 Å². The second kappa shape index (κ2) is 6.19. The zero-order valence-corrected chi connectivity index (χ0v) is 12.2. The van der Waals surface area contributed by atoms with E-state index in [-0.39, 0.29) is 23.0 Å². The van der Waals surface area contributed by atoms with Crippen LogP contribution < -0.4 is 5.73 Å². The zero-order chi connectivity index (χ0) is 13.1. The minimum atomic E-state index is -3.00. The third-order valence-corrected chi connectivity index (χ3v) is 6.49. The molecule has 102 valence electrons.